The highest BCUT2D eigenvalue weighted by molar-refractivity contribution is 7.89. The smallest absolute Gasteiger partial charge is 0.374 e. The van der Waals surface area contributed by atoms with Crippen LogP contribution in [-0.4, -0.2) is 37.8 Å². The number of H-pyrrole nitrogens is 1. The summed E-state index contributed by atoms with van der Waals surface area (Å²) in [6.07, 6.45) is 1.56. The Balaban J connectivity index is 1.44. The second-order valence-corrected chi connectivity index (χ2v) is 8.33. The zero-order chi connectivity index (χ0) is 19.9. The van der Waals surface area contributed by atoms with Gasteiger partial charge in [0.2, 0.25) is 16.6 Å². The van der Waals surface area contributed by atoms with E-state index in [0.717, 1.165) is 23.7 Å². The zero-order valence-electron chi connectivity index (χ0n) is 15.0. The van der Waals surface area contributed by atoms with Crippen LogP contribution in [0.2, 0.25) is 0 Å². The monoisotopic (exact) mass is 402 g/mol. The first-order valence-corrected chi connectivity index (χ1v) is 10.2. The molecule has 0 atom stereocenters. The molecule has 0 spiro atoms. The average Bonchev–Trinajstić information content (AvgIpc) is 3.19. The van der Waals surface area contributed by atoms with Crippen LogP contribution >= 0.6 is 0 Å². The largest absolute Gasteiger partial charge is 0.451 e. The standard InChI is InChI=1S/C19H18N2O6S/c1-11-18(13-4-2-3-5-14(13)20-11)15(22)10-26-19(23)16-8-9-17(27-16)28(24,25)21-12-6-7-12/h2-5,8-9,12,20-21H,6-7,10H2,1H3. The Morgan fingerprint density at radius 3 is 2.71 bits per heavy atom. The molecule has 28 heavy (non-hydrogen) atoms. The molecule has 146 valence electrons. The first-order valence-electron chi connectivity index (χ1n) is 8.75. The molecule has 0 aliphatic heterocycles. The Bertz CT molecular complexity index is 1170. The molecule has 2 aromatic heterocycles. The molecule has 1 saturated carbocycles. The summed E-state index contributed by atoms with van der Waals surface area (Å²) in [5.41, 5.74) is 1.96. The average molecular weight is 402 g/mol. The summed E-state index contributed by atoms with van der Waals surface area (Å²) < 4.78 is 36.8. The number of hydrogen-bond donors (Lipinski definition) is 2. The lowest BCUT2D eigenvalue weighted by atomic mass is 10.1. The number of ether oxygens (including phenoxy) is 1. The molecule has 8 nitrogen and oxygen atoms in total. The highest BCUT2D eigenvalue weighted by Gasteiger charge is 2.30. The van der Waals surface area contributed by atoms with E-state index in [9.17, 15) is 18.0 Å². The number of Topliss-reactive ketones (excluding diaryl/α,β-unsaturated/α-hetero) is 1. The molecule has 2 heterocycles. The maximum Gasteiger partial charge on any atom is 0.374 e. The fraction of sp³-hybridized carbons (Fsp3) is 0.263. The van der Waals surface area contributed by atoms with E-state index in [0.29, 0.717) is 11.3 Å². The van der Waals surface area contributed by atoms with Crippen molar-refractivity contribution in [3.05, 3.63) is 53.4 Å². The summed E-state index contributed by atoms with van der Waals surface area (Å²) >= 11 is 0. The second-order valence-electron chi connectivity index (χ2n) is 6.68. The molecule has 1 aromatic carbocycles. The molecule has 0 unspecified atom stereocenters. The van der Waals surface area contributed by atoms with Gasteiger partial charge in [0, 0.05) is 28.2 Å². The van der Waals surface area contributed by atoms with Crippen LogP contribution < -0.4 is 4.72 Å². The van der Waals surface area contributed by atoms with E-state index in [1.54, 1.807) is 6.92 Å². The fourth-order valence-electron chi connectivity index (χ4n) is 2.96. The highest BCUT2D eigenvalue weighted by Crippen LogP contribution is 2.24. The summed E-state index contributed by atoms with van der Waals surface area (Å²) in [6.45, 7) is 1.29. The molecule has 0 saturated heterocycles. The number of carbonyl (C=O) groups excluding carboxylic acids is 2. The molecule has 9 heteroatoms. The molecule has 1 aliphatic rings. The summed E-state index contributed by atoms with van der Waals surface area (Å²) in [5.74, 6) is -1.54. The van der Waals surface area contributed by atoms with Crippen LogP contribution in [0.4, 0.5) is 0 Å². The van der Waals surface area contributed by atoms with E-state index in [-0.39, 0.29) is 22.7 Å². The number of carbonyl (C=O) groups is 2. The van der Waals surface area contributed by atoms with Crippen LogP contribution in [0.25, 0.3) is 10.9 Å². The third-order valence-electron chi connectivity index (χ3n) is 4.45. The number of benzene rings is 1. The van der Waals surface area contributed by atoms with E-state index >= 15 is 0 Å². The number of sulfonamides is 1. The minimum absolute atomic E-state index is 0.0810. The van der Waals surface area contributed by atoms with Crippen LogP contribution in [0.15, 0.2) is 45.9 Å². The van der Waals surface area contributed by atoms with Gasteiger partial charge in [-0.15, -0.1) is 0 Å². The number of fused-ring (bicyclic) bond motifs is 1. The van der Waals surface area contributed by atoms with Crippen LogP contribution in [0.1, 0.15) is 39.4 Å². The summed E-state index contributed by atoms with van der Waals surface area (Å²) in [4.78, 5) is 27.8. The van der Waals surface area contributed by atoms with Gasteiger partial charge < -0.3 is 14.1 Å². The fourth-order valence-corrected chi connectivity index (χ4v) is 4.20. The predicted molar refractivity (Wildman–Crippen MR) is 99.7 cm³/mol. The first-order chi connectivity index (χ1) is 13.3. The van der Waals surface area contributed by atoms with Gasteiger partial charge in [0.1, 0.15) is 0 Å². The number of rotatable bonds is 7. The summed E-state index contributed by atoms with van der Waals surface area (Å²) in [5, 5.41) is 0.392. The predicted octanol–water partition coefficient (Wildman–Crippen LogP) is 2.55. The molecule has 2 N–H and O–H groups in total. The van der Waals surface area contributed by atoms with Crippen LogP contribution in [-0.2, 0) is 14.8 Å². The number of ketones is 1. The molecule has 0 amide bonds. The van der Waals surface area contributed by atoms with Crippen LogP contribution in [0.5, 0.6) is 0 Å². The number of aromatic nitrogens is 1. The normalized spacial score (nSPS) is 14.3. The van der Waals surface area contributed by atoms with Gasteiger partial charge in [-0.25, -0.2) is 17.9 Å². The molecule has 1 aliphatic carbocycles. The Labute approximate surface area is 160 Å². The molecular weight excluding hydrogens is 384 g/mol. The van der Waals surface area contributed by atoms with E-state index in [4.69, 9.17) is 9.15 Å². The lowest BCUT2D eigenvalue weighted by Gasteiger charge is -2.04. The number of aryl methyl sites for hydroxylation is 1. The van der Waals surface area contributed by atoms with Crippen molar-refractivity contribution < 1.29 is 27.2 Å². The zero-order valence-corrected chi connectivity index (χ0v) is 15.8. The van der Waals surface area contributed by atoms with E-state index in [1.807, 2.05) is 24.3 Å². The Morgan fingerprint density at radius 1 is 1.21 bits per heavy atom. The van der Waals surface area contributed by atoms with Gasteiger partial charge in [0.15, 0.2) is 6.61 Å². The Kier molecular flexibility index (Phi) is 4.56. The van der Waals surface area contributed by atoms with Crippen LogP contribution in [0, 0.1) is 6.92 Å². The van der Waals surface area contributed by atoms with E-state index < -0.39 is 22.6 Å². The summed E-state index contributed by atoms with van der Waals surface area (Å²) in [7, 11) is -3.80. The number of aromatic amines is 1. The third kappa shape index (κ3) is 3.58. The molecule has 3 aromatic rings. The van der Waals surface area contributed by atoms with Gasteiger partial charge in [-0.2, -0.15) is 0 Å². The molecular formula is C19H18N2O6S. The first kappa shape index (κ1) is 18.5. The van der Waals surface area contributed by atoms with Gasteiger partial charge in [0.05, 0.1) is 0 Å². The number of nitrogens with one attached hydrogen (secondary N) is 2. The van der Waals surface area contributed by atoms with Gasteiger partial charge in [-0.3, -0.25) is 4.79 Å². The number of esters is 1. The number of furan rings is 1. The highest BCUT2D eigenvalue weighted by atomic mass is 32.2. The van der Waals surface area contributed by atoms with Crippen molar-refractivity contribution in [1.82, 2.24) is 9.71 Å². The van der Waals surface area contributed by atoms with Gasteiger partial charge >= 0.3 is 5.97 Å². The van der Waals surface area contributed by atoms with Gasteiger partial charge in [-0.05, 0) is 38.0 Å². The molecule has 1 fully saturated rings. The van der Waals surface area contributed by atoms with E-state index in [1.165, 1.54) is 12.1 Å². The minimum atomic E-state index is -3.80. The van der Waals surface area contributed by atoms with Crippen molar-refractivity contribution in [2.45, 2.75) is 30.9 Å². The van der Waals surface area contributed by atoms with Crippen molar-refractivity contribution in [2.24, 2.45) is 0 Å². The van der Waals surface area contributed by atoms with Crippen molar-refractivity contribution >= 4 is 32.7 Å². The van der Waals surface area contributed by atoms with E-state index in [2.05, 4.69) is 9.71 Å². The lowest BCUT2D eigenvalue weighted by Crippen LogP contribution is -2.25. The molecule has 0 radical (unpaired) electrons. The summed E-state index contributed by atoms with van der Waals surface area (Å²) in [6, 6.07) is 9.66. The molecule has 4 rings (SSSR count). The van der Waals surface area contributed by atoms with Crippen LogP contribution in [0.3, 0.4) is 0 Å². The third-order valence-corrected chi connectivity index (χ3v) is 5.85. The topological polar surface area (TPSA) is 118 Å². The van der Waals surface area contributed by atoms with Crippen molar-refractivity contribution in [3.63, 3.8) is 0 Å². The van der Waals surface area contributed by atoms with Gasteiger partial charge in [0.25, 0.3) is 10.0 Å². The minimum Gasteiger partial charge on any atom is -0.451 e. The number of para-hydroxylation sites is 1. The number of hydrogen-bond acceptors (Lipinski definition) is 6. The Morgan fingerprint density at radius 2 is 1.96 bits per heavy atom. The SMILES string of the molecule is Cc1[nH]c2ccccc2c1C(=O)COC(=O)c1ccc(S(=O)(=O)NC2CC2)o1. The van der Waals surface area contributed by atoms with Crippen molar-refractivity contribution in [1.29, 1.82) is 0 Å². The maximum absolute atomic E-state index is 12.5. The second kappa shape index (κ2) is 6.92. The quantitative estimate of drug-likeness (QED) is 0.463. The van der Waals surface area contributed by atoms with Gasteiger partial charge in [-0.1, -0.05) is 18.2 Å². The molecule has 0 bridgehead atoms. The Hall–Kier alpha value is -2.91. The van der Waals surface area contributed by atoms with Crippen molar-refractivity contribution in [3.8, 4) is 0 Å². The van der Waals surface area contributed by atoms with Crippen molar-refractivity contribution in [2.75, 3.05) is 6.61 Å². The lowest BCUT2D eigenvalue weighted by molar-refractivity contribution is 0.0439. The maximum atomic E-state index is 12.5.